The molecular weight excluding hydrogens is 311 g/mol. The first-order valence-electron chi connectivity index (χ1n) is 7.91. The first-order chi connectivity index (χ1) is 11.4. The Morgan fingerprint density at radius 3 is 2.58 bits per heavy atom. The molecule has 6 heteroatoms. The van der Waals surface area contributed by atoms with Gasteiger partial charge in [-0.3, -0.25) is 0 Å². The van der Waals surface area contributed by atoms with E-state index in [1.807, 2.05) is 20.8 Å². The number of ether oxygens (including phenoxy) is 1. The highest BCUT2D eigenvalue weighted by Crippen LogP contribution is 2.26. The van der Waals surface area contributed by atoms with Gasteiger partial charge in [-0.15, -0.1) is 0 Å². The van der Waals surface area contributed by atoms with E-state index < -0.39 is 12.9 Å². The van der Waals surface area contributed by atoms with Gasteiger partial charge < -0.3 is 19.4 Å². The molecule has 0 bridgehead atoms. The van der Waals surface area contributed by atoms with Gasteiger partial charge >= 0.3 is 5.95 Å². The Balaban J connectivity index is 2.06. The van der Waals surface area contributed by atoms with Gasteiger partial charge in [-0.1, -0.05) is 38.1 Å². The fraction of sp³-hybridized carbons (Fsp3) is 0.444. The van der Waals surface area contributed by atoms with Crippen molar-refractivity contribution < 1.29 is 18.4 Å². The quantitative estimate of drug-likeness (QED) is 0.578. The molecule has 0 saturated carbocycles. The van der Waals surface area contributed by atoms with E-state index in [0.717, 1.165) is 17.7 Å². The molecule has 24 heavy (non-hydrogen) atoms. The van der Waals surface area contributed by atoms with Gasteiger partial charge in [-0.2, -0.15) is 0 Å². The van der Waals surface area contributed by atoms with Crippen LogP contribution in [-0.2, 0) is 16.9 Å². The van der Waals surface area contributed by atoms with E-state index in [0.29, 0.717) is 24.4 Å². The van der Waals surface area contributed by atoms with Crippen molar-refractivity contribution in [2.24, 2.45) is 0 Å². The summed E-state index contributed by atoms with van der Waals surface area (Å²) in [6.07, 6.45) is 1.21. The molecule has 1 heterocycles. The van der Waals surface area contributed by atoms with E-state index in [9.17, 15) is 9.18 Å². The molecule has 1 aromatic carbocycles. The maximum atomic E-state index is 12.6. The number of aromatic nitrogens is 1. The number of rotatable bonds is 8. The largest absolute Gasteiger partial charge is 0.440 e. The average molecular weight is 334 g/mol. The summed E-state index contributed by atoms with van der Waals surface area (Å²) in [6, 6.07) is 8.69. The van der Waals surface area contributed by atoms with Crippen LogP contribution >= 0.6 is 0 Å². The fourth-order valence-electron chi connectivity index (χ4n) is 2.06. The molecule has 0 fully saturated rings. The van der Waals surface area contributed by atoms with Crippen molar-refractivity contribution in [1.29, 1.82) is 0 Å². The van der Waals surface area contributed by atoms with Crippen LogP contribution < -0.4 is 10.1 Å². The molecule has 0 spiro atoms. The van der Waals surface area contributed by atoms with Crippen molar-refractivity contribution in [3.8, 4) is 5.95 Å². The monoisotopic (exact) mass is 334 g/mol. The number of benzene rings is 1. The van der Waals surface area contributed by atoms with E-state index in [4.69, 9.17) is 9.26 Å². The van der Waals surface area contributed by atoms with E-state index in [1.165, 1.54) is 0 Å². The number of carbonyl (C=O) groups is 1. The highest BCUT2D eigenvalue weighted by Gasteiger charge is 2.21. The molecule has 5 nitrogen and oxygen atoms in total. The zero-order valence-electron chi connectivity index (χ0n) is 14.2. The van der Waals surface area contributed by atoms with Crippen LogP contribution in [-0.4, -0.2) is 17.7 Å². The Bertz CT molecular complexity index is 647. The van der Waals surface area contributed by atoms with Crippen LogP contribution in [0.5, 0.6) is 5.95 Å². The van der Waals surface area contributed by atoms with Crippen LogP contribution in [0.15, 0.2) is 34.9 Å². The molecule has 130 valence electrons. The second kappa shape index (κ2) is 7.95. The highest BCUT2D eigenvalue weighted by atomic mass is 19.1. The molecule has 0 saturated heterocycles. The lowest BCUT2D eigenvalue weighted by Crippen LogP contribution is -2.26. The number of nitrogens with one attached hydrogen (secondary N) is 1. The van der Waals surface area contributed by atoms with E-state index in [1.54, 1.807) is 30.3 Å². The summed E-state index contributed by atoms with van der Waals surface area (Å²) in [6.45, 7) is 5.59. The van der Waals surface area contributed by atoms with Gasteiger partial charge in [0.25, 0.3) is 0 Å². The summed E-state index contributed by atoms with van der Waals surface area (Å²) in [5.41, 5.74) is 2.03. The van der Waals surface area contributed by atoms with E-state index >= 15 is 0 Å². The molecule has 1 unspecified atom stereocenters. The minimum absolute atomic E-state index is 0.140. The Hall–Kier alpha value is -2.37. The first-order valence-corrected chi connectivity index (χ1v) is 7.91. The maximum Gasteiger partial charge on any atom is 0.313 e. The molecule has 0 radical (unpaired) electrons. The summed E-state index contributed by atoms with van der Waals surface area (Å²) in [4.78, 5) is 10.7. The van der Waals surface area contributed by atoms with E-state index in [-0.39, 0.29) is 5.41 Å². The second-order valence-electron chi connectivity index (χ2n) is 6.61. The van der Waals surface area contributed by atoms with Crippen LogP contribution in [0.25, 0.3) is 0 Å². The van der Waals surface area contributed by atoms with Crippen LogP contribution in [0.3, 0.4) is 0 Å². The highest BCUT2D eigenvalue weighted by molar-refractivity contribution is 5.50. The van der Waals surface area contributed by atoms with E-state index in [2.05, 4.69) is 10.5 Å². The van der Waals surface area contributed by atoms with Crippen LogP contribution in [0.4, 0.5) is 10.1 Å². The van der Waals surface area contributed by atoms with Gasteiger partial charge in [0, 0.05) is 30.0 Å². The van der Waals surface area contributed by atoms with Crippen molar-refractivity contribution in [3.63, 3.8) is 0 Å². The Kier molecular flexibility index (Phi) is 5.95. The summed E-state index contributed by atoms with van der Waals surface area (Å²) >= 11 is 0. The maximum absolute atomic E-state index is 12.6. The summed E-state index contributed by atoms with van der Waals surface area (Å²) in [7, 11) is 0. The molecule has 1 aromatic heterocycles. The smallest absolute Gasteiger partial charge is 0.313 e. The molecule has 0 aliphatic heterocycles. The molecule has 0 aliphatic carbocycles. The van der Waals surface area contributed by atoms with Crippen molar-refractivity contribution in [1.82, 2.24) is 5.16 Å². The number of nitrogens with zero attached hydrogens (tertiary/aromatic N) is 1. The Morgan fingerprint density at radius 1 is 1.33 bits per heavy atom. The molecule has 1 N–H and O–H groups in total. The summed E-state index contributed by atoms with van der Waals surface area (Å²) in [5, 5.41) is 7.18. The Morgan fingerprint density at radius 2 is 2.04 bits per heavy atom. The number of halogens is 1. The van der Waals surface area contributed by atoms with Crippen molar-refractivity contribution >= 4 is 12.0 Å². The normalized spacial score (nSPS) is 12.7. The van der Waals surface area contributed by atoms with Gasteiger partial charge in [0.2, 0.25) is 0 Å². The lowest BCUT2D eigenvalue weighted by molar-refractivity contribution is -0.108. The summed E-state index contributed by atoms with van der Waals surface area (Å²) < 4.78 is 23.6. The lowest BCUT2D eigenvalue weighted by atomic mass is 9.93. The number of alkyl halides is 1. The molecule has 1 atom stereocenters. The third-order valence-corrected chi connectivity index (χ3v) is 3.50. The molecular formula is C18H23FN2O3. The van der Waals surface area contributed by atoms with Crippen molar-refractivity contribution in [2.45, 2.75) is 51.9 Å². The van der Waals surface area contributed by atoms with Gasteiger partial charge in [0.05, 0.1) is 5.69 Å². The molecule has 2 rings (SSSR count). The van der Waals surface area contributed by atoms with Crippen LogP contribution in [0.1, 0.15) is 44.9 Å². The third kappa shape index (κ3) is 5.08. The van der Waals surface area contributed by atoms with Crippen LogP contribution in [0.2, 0.25) is 0 Å². The van der Waals surface area contributed by atoms with Crippen LogP contribution in [0, 0.1) is 0 Å². The number of aldehydes is 1. The molecule has 0 aliphatic rings. The Labute approximate surface area is 141 Å². The van der Waals surface area contributed by atoms with Crippen molar-refractivity contribution in [3.05, 3.63) is 41.6 Å². The number of hydrogen-bond acceptors (Lipinski definition) is 5. The first kappa shape index (κ1) is 18.0. The second-order valence-corrected chi connectivity index (χ2v) is 6.61. The average Bonchev–Trinajstić information content (AvgIpc) is 3.02. The minimum Gasteiger partial charge on any atom is -0.440 e. The standard InChI is InChI=1S/C18H23FN2O3/c1-18(2,3)15-11-17(24-21-15)23-16(5-4-10-22)20-14-8-6-13(12-19)7-9-14/h6-11,16,20H,4-5,12H2,1-3H3. The van der Waals surface area contributed by atoms with Gasteiger partial charge in [0.1, 0.15) is 13.0 Å². The predicted octanol–water partition coefficient (Wildman–Crippen LogP) is 4.24. The predicted molar refractivity (Wildman–Crippen MR) is 89.8 cm³/mol. The topological polar surface area (TPSA) is 64.4 Å². The number of hydrogen-bond donors (Lipinski definition) is 1. The fourth-order valence-corrected chi connectivity index (χ4v) is 2.06. The van der Waals surface area contributed by atoms with Crippen molar-refractivity contribution in [2.75, 3.05) is 5.32 Å². The third-order valence-electron chi connectivity index (χ3n) is 3.50. The SMILES string of the molecule is CC(C)(C)c1cc(OC(CCC=O)Nc2ccc(CF)cc2)on1. The molecule has 0 amide bonds. The van der Waals surface area contributed by atoms with Gasteiger partial charge in [-0.25, -0.2) is 4.39 Å². The molecule has 2 aromatic rings. The van der Waals surface area contributed by atoms with Gasteiger partial charge in [0.15, 0.2) is 6.23 Å². The lowest BCUT2D eigenvalue weighted by Gasteiger charge is -2.19. The number of anilines is 1. The summed E-state index contributed by atoms with van der Waals surface area (Å²) in [5.74, 6) is 0.295. The number of carbonyl (C=O) groups excluding carboxylic acids is 1. The minimum atomic E-state index is -0.501. The van der Waals surface area contributed by atoms with Gasteiger partial charge in [-0.05, 0) is 17.7 Å². The zero-order valence-corrected chi connectivity index (χ0v) is 14.2. The zero-order chi connectivity index (χ0) is 17.6.